The summed E-state index contributed by atoms with van der Waals surface area (Å²) < 4.78 is 43.2. The molecule has 0 aromatic heterocycles. The summed E-state index contributed by atoms with van der Waals surface area (Å²) in [7, 11) is -4.14. The van der Waals surface area contributed by atoms with E-state index in [4.69, 9.17) is 0 Å². The van der Waals surface area contributed by atoms with Gasteiger partial charge in [-0.15, -0.1) is 0 Å². The summed E-state index contributed by atoms with van der Waals surface area (Å²) >= 11 is 0. The molecule has 2 amide bonds. The number of hydrogen-bond acceptors (Lipinski definition) is 4. The molecule has 1 atom stereocenters. The predicted octanol–water partition coefficient (Wildman–Crippen LogP) is 4.14. The summed E-state index contributed by atoms with van der Waals surface area (Å²) in [4.78, 5) is 27.7. The monoisotopic (exact) mass is 525 g/mol. The molecular formula is C28H32FN3O4S. The molecule has 0 radical (unpaired) electrons. The summed E-state index contributed by atoms with van der Waals surface area (Å²) in [5.74, 6) is -1.57. The Balaban J connectivity index is 2.07. The molecule has 1 unspecified atom stereocenters. The molecule has 37 heavy (non-hydrogen) atoms. The topological polar surface area (TPSA) is 86.8 Å². The average Bonchev–Trinajstić information content (AvgIpc) is 2.91. The second-order valence-corrected chi connectivity index (χ2v) is 10.4. The largest absolute Gasteiger partial charge is 0.355 e. The van der Waals surface area contributed by atoms with Crippen molar-refractivity contribution < 1.29 is 22.4 Å². The number of halogens is 1. The third-order valence-corrected chi connectivity index (χ3v) is 7.84. The molecule has 1 N–H and O–H groups in total. The summed E-state index contributed by atoms with van der Waals surface area (Å²) in [6.07, 6.45) is 0.541. The highest BCUT2D eigenvalue weighted by atomic mass is 32.2. The van der Waals surface area contributed by atoms with Crippen molar-refractivity contribution in [3.8, 4) is 0 Å². The highest BCUT2D eigenvalue weighted by Crippen LogP contribution is 2.28. The van der Waals surface area contributed by atoms with Crippen molar-refractivity contribution >= 4 is 27.5 Å². The molecule has 0 spiro atoms. The lowest BCUT2D eigenvalue weighted by atomic mass is 10.1. The summed E-state index contributed by atoms with van der Waals surface area (Å²) in [5, 5.41) is 2.68. The predicted molar refractivity (Wildman–Crippen MR) is 142 cm³/mol. The third kappa shape index (κ3) is 6.54. The lowest BCUT2D eigenvalue weighted by Crippen LogP contribution is -2.51. The molecule has 0 fully saturated rings. The zero-order valence-corrected chi connectivity index (χ0v) is 22.0. The number of amides is 2. The number of para-hydroxylation sites is 1. The van der Waals surface area contributed by atoms with Crippen LogP contribution in [0.3, 0.4) is 0 Å². The van der Waals surface area contributed by atoms with Crippen LogP contribution in [0.4, 0.5) is 10.1 Å². The molecule has 3 aromatic rings. The van der Waals surface area contributed by atoms with E-state index in [1.807, 2.05) is 13.0 Å². The molecule has 0 heterocycles. The molecule has 3 aromatic carbocycles. The van der Waals surface area contributed by atoms with Gasteiger partial charge in [0.2, 0.25) is 11.8 Å². The Hall–Kier alpha value is -3.72. The van der Waals surface area contributed by atoms with Crippen molar-refractivity contribution in [2.24, 2.45) is 0 Å². The number of rotatable bonds is 11. The summed E-state index contributed by atoms with van der Waals surface area (Å²) in [5.41, 5.74) is 1.34. The SMILES string of the molecule is CCNC(=O)C(C)N(Cc1ccccc1F)C(=O)CN(c1ccccc1CC)S(=O)(=O)c1ccccc1. The van der Waals surface area contributed by atoms with Gasteiger partial charge in [0.25, 0.3) is 10.0 Å². The van der Waals surface area contributed by atoms with E-state index in [2.05, 4.69) is 5.32 Å². The van der Waals surface area contributed by atoms with Crippen LogP contribution >= 0.6 is 0 Å². The van der Waals surface area contributed by atoms with Crippen LogP contribution in [0.15, 0.2) is 83.8 Å². The molecule has 9 heteroatoms. The lowest BCUT2D eigenvalue weighted by Gasteiger charge is -2.32. The summed E-state index contributed by atoms with van der Waals surface area (Å²) in [6, 6.07) is 19.9. The maximum absolute atomic E-state index is 14.5. The minimum absolute atomic E-state index is 0.0335. The summed E-state index contributed by atoms with van der Waals surface area (Å²) in [6.45, 7) is 4.78. The lowest BCUT2D eigenvalue weighted by molar-refractivity contribution is -0.139. The molecule has 0 saturated carbocycles. The number of likely N-dealkylation sites (N-methyl/N-ethyl adjacent to an activating group) is 1. The Morgan fingerprint density at radius 1 is 0.892 bits per heavy atom. The standard InChI is InChI=1S/C28H32FN3O4S/c1-4-22-13-10-12-18-26(22)32(37(35,36)24-15-7-6-8-16-24)20-27(33)31(21(3)28(34)30-5-2)19-23-14-9-11-17-25(23)29/h6-18,21H,4-5,19-20H2,1-3H3,(H,30,34). The number of hydrogen-bond donors (Lipinski definition) is 1. The number of carbonyl (C=O) groups is 2. The van der Waals surface area contributed by atoms with E-state index in [9.17, 15) is 22.4 Å². The van der Waals surface area contributed by atoms with Crippen molar-refractivity contribution in [2.45, 2.75) is 44.7 Å². The average molecular weight is 526 g/mol. The fourth-order valence-corrected chi connectivity index (χ4v) is 5.47. The van der Waals surface area contributed by atoms with Crippen LogP contribution in [0, 0.1) is 5.82 Å². The van der Waals surface area contributed by atoms with Gasteiger partial charge in [-0.3, -0.25) is 13.9 Å². The maximum Gasteiger partial charge on any atom is 0.264 e. The van der Waals surface area contributed by atoms with Gasteiger partial charge in [0, 0.05) is 18.7 Å². The highest BCUT2D eigenvalue weighted by Gasteiger charge is 2.33. The Bertz CT molecular complexity index is 1330. The van der Waals surface area contributed by atoms with Gasteiger partial charge in [-0.1, -0.05) is 61.5 Å². The van der Waals surface area contributed by atoms with Crippen molar-refractivity contribution in [2.75, 3.05) is 17.4 Å². The molecule has 0 saturated heterocycles. The second kappa shape index (κ2) is 12.5. The van der Waals surface area contributed by atoms with Gasteiger partial charge in [-0.25, -0.2) is 12.8 Å². The van der Waals surface area contributed by atoms with Crippen LogP contribution in [0.2, 0.25) is 0 Å². The van der Waals surface area contributed by atoms with Gasteiger partial charge in [0.15, 0.2) is 0 Å². The fourth-order valence-electron chi connectivity index (χ4n) is 4.00. The van der Waals surface area contributed by atoms with Crippen LogP contribution in [0.5, 0.6) is 0 Å². The minimum atomic E-state index is -4.14. The molecule has 196 valence electrons. The number of anilines is 1. The second-order valence-electron chi connectivity index (χ2n) is 8.49. The highest BCUT2D eigenvalue weighted by molar-refractivity contribution is 7.92. The smallest absolute Gasteiger partial charge is 0.264 e. The number of aryl methyl sites for hydroxylation is 1. The molecule has 0 aliphatic heterocycles. The molecular weight excluding hydrogens is 493 g/mol. The normalized spacial score (nSPS) is 12.0. The van der Waals surface area contributed by atoms with Gasteiger partial charge >= 0.3 is 0 Å². The molecule has 0 aliphatic rings. The van der Waals surface area contributed by atoms with Crippen molar-refractivity contribution in [3.63, 3.8) is 0 Å². The molecule has 3 rings (SSSR count). The van der Waals surface area contributed by atoms with Crippen molar-refractivity contribution in [1.29, 1.82) is 0 Å². The Labute approximate surface area is 218 Å². The van der Waals surface area contributed by atoms with Gasteiger partial charge in [0.1, 0.15) is 18.4 Å². The quantitative estimate of drug-likeness (QED) is 0.408. The van der Waals surface area contributed by atoms with Crippen LogP contribution in [0.1, 0.15) is 31.9 Å². The van der Waals surface area contributed by atoms with Crippen LogP contribution < -0.4 is 9.62 Å². The zero-order valence-electron chi connectivity index (χ0n) is 21.2. The van der Waals surface area contributed by atoms with Crippen LogP contribution in [0.25, 0.3) is 0 Å². The third-order valence-electron chi connectivity index (χ3n) is 6.07. The number of sulfonamides is 1. The van der Waals surface area contributed by atoms with E-state index in [-0.39, 0.29) is 17.0 Å². The van der Waals surface area contributed by atoms with Gasteiger partial charge < -0.3 is 10.2 Å². The van der Waals surface area contributed by atoms with Gasteiger partial charge in [-0.2, -0.15) is 0 Å². The van der Waals surface area contributed by atoms with E-state index in [1.165, 1.54) is 35.2 Å². The maximum atomic E-state index is 14.5. The van der Waals surface area contributed by atoms with Crippen molar-refractivity contribution in [3.05, 3.63) is 95.8 Å². The van der Waals surface area contributed by atoms with Gasteiger partial charge in [0.05, 0.1) is 10.6 Å². The first kappa shape index (κ1) is 27.9. The number of nitrogens with one attached hydrogen (secondary N) is 1. The van der Waals surface area contributed by atoms with Crippen LogP contribution in [-0.4, -0.2) is 44.3 Å². The number of carbonyl (C=O) groups excluding carboxylic acids is 2. The van der Waals surface area contributed by atoms with E-state index in [0.29, 0.717) is 18.7 Å². The Morgan fingerprint density at radius 2 is 1.49 bits per heavy atom. The Kier molecular flexibility index (Phi) is 9.41. The minimum Gasteiger partial charge on any atom is -0.355 e. The van der Waals surface area contributed by atoms with Crippen LogP contribution in [-0.2, 0) is 32.6 Å². The van der Waals surface area contributed by atoms with Gasteiger partial charge in [-0.05, 0) is 50.1 Å². The Morgan fingerprint density at radius 3 is 2.11 bits per heavy atom. The zero-order chi connectivity index (χ0) is 27.0. The van der Waals surface area contributed by atoms with E-state index >= 15 is 0 Å². The number of nitrogens with zero attached hydrogens (tertiary/aromatic N) is 2. The molecule has 0 aliphatic carbocycles. The van der Waals surface area contributed by atoms with Crippen molar-refractivity contribution in [1.82, 2.24) is 10.2 Å². The van der Waals surface area contributed by atoms with E-state index in [0.717, 1.165) is 9.87 Å². The van der Waals surface area contributed by atoms with E-state index in [1.54, 1.807) is 56.3 Å². The first-order valence-electron chi connectivity index (χ1n) is 12.2. The first-order chi connectivity index (χ1) is 17.7. The first-order valence-corrected chi connectivity index (χ1v) is 13.6. The number of benzene rings is 3. The fraction of sp³-hybridized carbons (Fsp3) is 0.286. The van der Waals surface area contributed by atoms with E-state index < -0.39 is 40.2 Å². The molecule has 0 bridgehead atoms. The molecule has 7 nitrogen and oxygen atoms in total.